The van der Waals surface area contributed by atoms with Crippen molar-refractivity contribution in [3.63, 3.8) is 0 Å². The minimum Gasteiger partial charge on any atom is -0.465 e. The van der Waals surface area contributed by atoms with Gasteiger partial charge in [-0.1, -0.05) is 11.6 Å². The first kappa shape index (κ1) is 12.6. The Bertz CT molecular complexity index is 607. The molecule has 0 aromatic carbocycles. The predicted molar refractivity (Wildman–Crippen MR) is 67.2 cm³/mol. The second kappa shape index (κ2) is 4.78. The average Bonchev–Trinajstić information content (AvgIpc) is 2.74. The van der Waals surface area contributed by atoms with Gasteiger partial charge in [-0.25, -0.2) is 14.5 Å². The zero-order chi connectivity index (χ0) is 13.3. The zero-order valence-corrected chi connectivity index (χ0v) is 11.0. The first-order chi connectivity index (χ1) is 8.56. The summed E-state index contributed by atoms with van der Waals surface area (Å²) < 4.78 is 6.26. The van der Waals surface area contributed by atoms with Gasteiger partial charge in [0.05, 0.1) is 19.0 Å². The van der Waals surface area contributed by atoms with Crippen molar-refractivity contribution in [2.45, 2.75) is 13.8 Å². The van der Waals surface area contributed by atoms with Crippen LogP contribution in [-0.4, -0.2) is 27.8 Å². The van der Waals surface area contributed by atoms with Crippen LogP contribution in [0.2, 0.25) is 5.02 Å². The van der Waals surface area contributed by atoms with E-state index in [4.69, 9.17) is 11.6 Å². The quantitative estimate of drug-likeness (QED) is 0.782. The molecule has 0 N–H and O–H groups in total. The van der Waals surface area contributed by atoms with Crippen LogP contribution in [0.4, 0.5) is 0 Å². The van der Waals surface area contributed by atoms with Gasteiger partial charge in [-0.3, -0.25) is 0 Å². The van der Waals surface area contributed by atoms with Gasteiger partial charge in [0.2, 0.25) is 0 Å². The molecular weight excluding hydrogens is 254 g/mol. The number of ether oxygens (including phenoxy) is 1. The highest BCUT2D eigenvalue weighted by Crippen LogP contribution is 2.21. The molecule has 5 nitrogen and oxygen atoms in total. The fourth-order valence-corrected chi connectivity index (χ4v) is 1.79. The number of halogens is 1. The maximum Gasteiger partial charge on any atom is 0.341 e. The number of esters is 1. The third-order valence-corrected chi connectivity index (χ3v) is 3.14. The summed E-state index contributed by atoms with van der Waals surface area (Å²) in [7, 11) is 1.34. The number of carbonyl (C=O) groups excluding carboxylic acids is 1. The molecule has 0 unspecified atom stereocenters. The lowest BCUT2D eigenvalue weighted by molar-refractivity contribution is 0.0600. The van der Waals surface area contributed by atoms with Gasteiger partial charge in [0.1, 0.15) is 5.56 Å². The molecule has 0 atom stereocenters. The van der Waals surface area contributed by atoms with E-state index in [1.54, 1.807) is 23.9 Å². The average molecular weight is 266 g/mol. The number of hydrogen-bond donors (Lipinski definition) is 0. The van der Waals surface area contributed by atoms with E-state index in [1.807, 2.05) is 6.92 Å². The normalized spacial score (nSPS) is 10.4. The summed E-state index contributed by atoms with van der Waals surface area (Å²) in [5, 5.41) is 4.76. The molecule has 0 aliphatic carbocycles. The second-order valence-electron chi connectivity index (χ2n) is 3.79. The molecule has 0 saturated carbocycles. The Morgan fingerprint density at radius 2 is 2.17 bits per heavy atom. The fraction of sp³-hybridized carbons (Fsp3) is 0.250. The maximum absolute atomic E-state index is 11.5. The van der Waals surface area contributed by atoms with E-state index < -0.39 is 5.97 Å². The molecule has 2 aromatic rings. The molecule has 0 fully saturated rings. The van der Waals surface area contributed by atoms with E-state index in [-0.39, 0.29) is 0 Å². The topological polar surface area (TPSA) is 57.0 Å². The van der Waals surface area contributed by atoms with E-state index in [2.05, 4.69) is 14.8 Å². The summed E-state index contributed by atoms with van der Waals surface area (Å²) in [4.78, 5) is 15.7. The van der Waals surface area contributed by atoms with Crippen LogP contribution in [-0.2, 0) is 4.74 Å². The monoisotopic (exact) mass is 265 g/mol. The highest BCUT2D eigenvalue weighted by atomic mass is 35.5. The highest BCUT2D eigenvalue weighted by Gasteiger charge is 2.17. The molecule has 0 amide bonds. The lowest BCUT2D eigenvalue weighted by Crippen LogP contribution is -2.07. The summed E-state index contributed by atoms with van der Waals surface area (Å²) in [6.07, 6.45) is 3.06. The molecule has 0 radical (unpaired) electrons. The lowest BCUT2D eigenvalue weighted by atomic mass is 10.2. The van der Waals surface area contributed by atoms with Crippen LogP contribution >= 0.6 is 11.6 Å². The fourth-order valence-electron chi connectivity index (χ4n) is 1.65. The Morgan fingerprint density at radius 3 is 2.83 bits per heavy atom. The van der Waals surface area contributed by atoms with E-state index in [0.717, 1.165) is 5.56 Å². The Kier molecular flexibility index (Phi) is 3.34. The van der Waals surface area contributed by atoms with Crippen LogP contribution in [0.3, 0.4) is 0 Å². The van der Waals surface area contributed by atoms with Gasteiger partial charge in [-0.2, -0.15) is 5.10 Å². The van der Waals surface area contributed by atoms with Crippen molar-refractivity contribution < 1.29 is 9.53 Å². The molecule has 94 valence electrons. The minimum absolute atomic E-state index is 0.415. The Hall–Kier alpha value is -1.88. The molecule has 0 bridgehead atoms. The smallest absolute Gasteiger partial charge is 0.341 e. The van der Waals surface area contributed by atoms with Crippen LogP contribution in [0.5, 0.6) is 0 Å². The SMILES string of the molecule is COC(=O)c1cnn(-c2nccc(Cl)c2C)c1C. The molecular formula is C12H12ClN3O2. The van der Waals surface area contributed by atoms with Crippen LogP contribution < -0.4 is 0 Å². The van der Waals surface area contributed by atoms with Crippen molar-refractivity contribution in [1.82, 2.24) is 14.8 Å². The molecule has 2 aromatic heterocycles. The minimum atomic E-state index is -0.418. The molecule has 6 heteroatoms. The highest BCUT2D eigenvalue weighted by molar-refractivity contribution is 6.31. The summed E-state index contributed by atoms with van der Waals surface area (Å²) in [5.74, 6) is 0.189. The molecule has 0 aliphatic heterocycles. The van der Waals surface area contributed by atoms with Gasteiger partial charge in [-0.05, 0) is 19.9 Å². The maximum atomic E-state index is 11.5. The van der Waals surface area contributed by atoms with Crippen LogP contribution in [0.1, 0.15) is 21.6 Å². The largest absolute Gasteiger partial charge is 0.465 e. The Balaban J connectivity index is 2.56. The van der Waals surface area contributed by atoms with Crippen molar-refractivity contribution in [3.05, 3.63) is 40.3 Å². The summed E-state index contributed by atoms with van der Waals surface area (Å²) in [6, 6.07) is 1.71. The van der Waals surface area contributed by atoms with E-state index in [9.17, 15) is 4.79 Å². The van der Waals surface area contributed by atoms with Crippen molar-refractivity contribution in [3.8, 4) is 5.82 Å². The second-order valence-corrected chi connectivity index (χ2v) is 4.20. The first-order valence-electron chi connectivity index (χ1n) is 5.30. The predicted octanol–water partition coefficient (Wildman–Crippen LogP) is 2.32. The molecule has 0 aliphatic rings. The Labute approximate surface area is 109 Å². The molecule has 0 saturated heterocycles. The number of methoxy groups -OCH3 is 1. The third-order valence-electron chi connectivity index (χ3n) is 2.73. The van der Waals surface area contributed by atoms with Crippen LogP contribution in [0.25, 0.3) is 5.82 Å². The number of aromatic nitrogens is 3. The van der Waals surface area contributed by atoms with Crippen molar-refractivity contribution in [1.29, 1.82) is 0 Å². The van der Waals surface area contributed by atoms with Crippen molar-refractivity contribution in [2.24, 2.45) is 0 Å². The van der Waals surface area contributed by atoms with E-state index in [1.165, 1.54) is 13.3 Å². The molecule has 0 spiro atoms. The number of nitrogens with zero attached hydrogens (tertiary/aromatic N) is 3. The summed E-state index contributed by atoms with van der Waals surface area (Å²) in [6.45, 7) is 3.63. The van der Waals surface area contributed by atoms with E-state index >= 15 is 0 Å². The molecule has 2 rings (SSSR count). The van der Waals surface area contributed by atoms with Crippen LogP contribution in [0, 0.1) is 13.8 Å². The number of pyridine rings is 1. The number of rotatable bonds is 2. The number of carbonyl (C=O) groups is 1. The first-order valence-corrected chi connectivity index (χ1v) is 5.68. The van der Waals surface area contributed by atoms with Gasteiger partial charge in [-0.15, -0.1) is 0 Å². The van der Waals surface area contributed by atoms with Crippen molar-refractivity contribution >= 4 is 17.6 Å². The Morgan fingerprint density at radius 1 is 1.44 bits per heavy atom. The van der Waals surface area contributed by atoms with Gasteiger partial charge in [0, 0.05) is 16.8 Å². The lowest BCUT2D eigenvalue weighted by Gasteiger charge is -2.08. The summed E-state index contributed by atoms with van der Waals surface area (Å²) in [5.41, 5.74) is 1.89. The zero-order valence-electron chi connectivity index (χ0n) is 10.3. The van der Waals surface area contributed by atoms with E-state index in [0.29, 0.717) is 22.1 Å². The van der Waals surface area contributed by atoms with Gasteiger partial charge in [0.15, 0.2) is 5.82 Å². The van der Waals surface area contributed by atoms with Crippen LogP contribution in [0.15, 0.2) is 18.5 Å². The standard InChI is InChI=1S/C12H12ClN3O2/c1-7-10(13)4-5-14-11(7)16-8(2)9(6-15-16)12(17)18-3/h4-6H,1-3H3. The van der Waals surface area contributed by atoms with Gasteiger partial charge < -0.3 is 4.74 Å². The van der Waals surface area contributed by atoms with Crippen molar-refractivity contribution in [2.75, 3.05) is 7.11 Å². The summed E-state index contributed by atoms with van der Waals surface area (Å²) >= 11 is 6.04. The molecule has 2 heterocycles. The van der Waals surface area contributed by atoms with Gasteiger partial charge >= 0.3 is 5.97 Å². The van der Waals surface area contributed by atoms with Gasteiger partial charge in [0.25, 0.3) is 0 Å². The number of hydrogen-bond acceptors (Lipinski definition) is 4. The molecule has 18 heavy (non-hydrogen) atoms. The third kappa shape index (κ3) is 1.97.